The van der Waals surface area contributed by atoms with Crippen molar-refractivity contribution in [3.05, 3.63) is 53.1 Å². The molecule has 2 aromatic rings. The van der Waals surface area contributed by atoms with Crippen LogP contribution in [0, 0.1) is 11.7 Å². The number of hydrogen-bond donors (Lipinski definition) is 1. The van der Waals surface area contributed by atoms with Crippen LogP contribution in [-0.4, -0.2) is 45.9 Å². The Kier molecular flexibility index (Phi) is 4.35. The Morgan fingerprint density at radius 1 is 1.22 bits per heavy atom. The molecular weight excluding hydrogens is 435 g/mol. The SMILES string of the molecule is O=C(CN1CC2(CC2)c2cc(C3(F)C[C@H]3C(F)(F)F)ccc2C1=O)Nc1ncc(F)cn1. The summed E-state index contributed by atoms with van der Waals surface area (Å²) in [7, 11) is 0. The maximum Gasteiger partial charge on any atom is 0.395 e. The van der Waals surface area contributed by atoms with Gasteiger partial charge in [0.15, 0.2) is 5.82 Å². The van der Waals surface area contributed by atoms with Gasteiger partial charge in [0.05, 0.1) is 18.3 Å². The van der Waals surface area contributed by atoms with Crippen molar-refractivity contribution >= 4 is 17.8 Å². The number of carbonyl (C=O) groups is 2. The largest absolute Gasteiger partial charge is 0.395 e. The van der Waals surface area contributed by atoms with Crippen molar-refractivity contribution in [1.82, 2.24) is 14.9 Å². The van der Waals surface area contributed by atoms with Crippen molar-refractivity contribution in [2.45, 2.75) is 36.5 Å². The van der Waals surface area contributed by atoms with Gasteiger partial charge in [-0.2, -0.15) is 13.2 Å². The number of rotatable bonds is 4. The maximum atomic E-state index is 14.9. The van der Waals surface area contributed by atoms with E-state index in [1.54, 1.807) is 0 Å². The van der Waals surface area contributed by atoms with Crippen LogP contribution < -0.4 is 5.32 Å². The monoisotopic (exact) mass is 452 g/mol. The van der Waals surface area contributed by atoms with Crippen LogP contribution in [-0.2, 0) is 15.9 Å². The second-order valence-corrected chi connectivity index (χ2v) is 8.64. The fourth-order valence-electron chi connectivity index (χ4n) is 4.47. The third-order valence-electron chi connectivity index (χ3n) is 6.43. The molecular formula is C21H17F5N4O2. The number of nitrogens with one attached hydrogen (secondary N) is 1. The van der Waals surface area contributed by atoms with Gasteiger partial charge in [-0.15, -0.1) is 0 Å². The summed E-state index contributed by atoms with van der Waals surface area (Å²) >= 11 is 0. The lowest BCUT2D eigenvalue weighted by Gasteiger charge is -2.34. The van der Waals surface area contributed by atoms with E-state index in [2.05, 4.69) is 15.3 Å². The summed E-state index contributed by atoms with van der Waals surface area (Å²) in [5.41, 5.74) is -2.21. The van der Waals surface area contributed by atoms with Crippen LogP contribution in [0.25, 0.3) is 0 Å². The zero-order valence-electron chi connectivity index (χ0n) is 16.5. The average Bonchev–Trinajstić information content (AvgIpc) is 3.64. The van der Waals surface area contributed by atoms with Crippen LogP contribution in [0.4, 0.5) is 27.9 Å². The second kappa shape index (κ2) is 6.69. The van der Waals surface area contributed by atoms with E-state index in [1.807, 2.05) is 0 Å². The van der Waals surface area contributed by atoms with Crippen LogP contribution in [0.15, 0.2) is 30.6 Å². The number of halogens is 5. The van der Waals surface area contributed by atoms with E-state index in [-0.39, 0.29) is 30.2 Å². The molecule has 0 radical (unpaired) electrons. The highest BCUT2D eigenvalue weighted by molar-refractivity contribution is 6.01. The molecule has 11 heteroatoms. The van der Waals surface area contributed by atoms with Crippen molar-refractivity contribution in [3.63, 3.8) is 0 Å². The minimum absolute atomic E-state index is 0.0581. The molecule has 6 nitrogen and oxygen atoms in total. The Morgan fingerprint density at radius 2 is 1.91 bits per heavy atom. The number of hydrogen-bond acceptors (Lipinski definition) is 4. The Morgan fingerprint density at radius 3 is 2.50 bits per heavy atom. The third-order valence-corrected chi connectivity index (χ3v) is 6.43. The quantitative estimate of drug-likeness (QED) is 0.721. The molecule has 3 aliphatic rings. The lowest BCUT2D eigenvalue weighted by Crippen LogP contribution is -2.47. The lowest BCUT2D eigenvalue weighted by molar-refractivity contribution is -0.158. The normalized spacial score (nSPS) is 25.5. The molecule has 2 atom stereocenters. The highest BCUT2D eigenvalue weighted by atomic mass is 19.4. The number of nitrogens with zero attached hydrogens (tertiary/aromatic N) is 3. The van der Waals surface area contributed by atoms with Gasteiger partial charge < -0.3 is 4.90 Å². The first kappa shape index (κ1) is 20.8. The first-order valence-corrected chi connectivity index (χ1v) is 9.99. The van der Waals surface area contributed by atoms with Gasteiger partial charge in [0.1, 0.15) is 12.2 Å². The van der Waals surface area contributed by atoms with E-state index in [1.165, 1.54) is 23.1 Å². The van der Waals surface area contributed by atoms with Crippen LogP contribution in [0.5, 0.6) is 0 Å². The molecule has 32 heavy (non-hydrogen) atoms. The van der Waals surface area contributed by atoms with Gasteiger partial charge in [-0.1, -0.05) is 12.1 Å². The molecule has 5 rings (SSSR count). The van der Waals surface area contributed by atoms with Crippen molar-refractivity contribution < 1.29 is 31.5 Å². The zero-order chi connectivity index (χ0) is 22.9. The molecule has 168 valence electrons. The maximum absolute atomic E-state index is 14.9. The number of benzene rings is 1. The third kappa shape index (κ3) is 3.39. The first-order valence-electron chi connectivity index (χ1n) is 9.99. The Labute approximate surface area is 178 Å². The van der Waals surface area contributed by atoms with Gasteiger partial charge in [0.2, 0.25) is 11.9 Å². The number of fused-ring (bicyclic) bond motifs is 2. The molecule has 2 heterocycles. The van der Waals surface area contributed by atoms with Crippen LogP contribution in [0.3, 0.4) is 0 Å². The number of carbonyl (C=O) groups excluding carboxylic acids is 2. The summed E-state index contributed by atoms with van der Waals surface area (Å²) in [6, 6.07) is 3.98. The Bertz CT molecular complexity index is 1120. The van der Waals surface area contributed by atoms with Gasteiger partial charge in [-0.25, -0.2) is 18.7 Å². The second-order valence-electron chi connectivity index (χ2n) is 8.64. The van der Waals surface area contributed by atoms with E-state index >= 15 is 0 Å². The summed E-state index contributed by atoms with van der Waals surface area (Å²) in [4.78, 5) is 33.9. The van der Waals surface area contributed by atoms with Crippen LogP contribution in [0.1, 0.15) is 40.7 Å². The summed E-state index contributed by atoms with van der Waals surface area (Å²) in [6.07, 6.45) is -2.09. The van der Waals surface area contributed by atoms with E-state index in [0.717, 1.165) is 12.4 Å². The van der Waals surface area contributed by atoms with Gasteiger partial charge in [0, 0.05) is 23.9 Å². The fourth-order valence-corrected chi connectivity index (χ4v) is 4.47. The van der Waals surface area contributed by atoms with Gasteiger partial charge in [-0.3, -0.25) is 14.9 Å². The summed E-state index contributed by atoms with van der Waals surface area (Å²) < 4.78 is 66.7. The number of amides is 2. The molecule has 1 aromatic carbocycles. The Balaban J connectivity index is 1.36. The topological polar surface area (TPSA) is 75.2 Å². The highest BCUT2D eigenvalue weighted by Gasteiger charge is 2.69. The van der Waals surface area contributed by atoms with E-state index < -0.39 is 47.2 Å². The van der Waals surface area contributed by atoms with Gasteiger partial charge in [0.25, 0.3) is 5.91 Å². The van der Waals surface area contributed by atoms with E-state index in [4.69, 9.17) is 0 Å². The molecule has 2 fully saturated rings. The predicted octanol–water partition coefficient (Wildman–Crippen LogP) is 3.49. The molecule has 0 bridgehead atoms. The molecule has 1 N–H and O–H groups in total. The summed E-state index contributed by atoms with van der Waals surface area (Å²) in [5.74, 6) is -3.84. The minimum Gasteiger partial charge on any atom is -0.328 e. The molecule has 1 spiro atoms. The first-order chi connectivity index (χ1) is 15.0. The molecule has 2 saturated carbocycles. The number of alkyl halides is 4. The molecule has 0 saturated heterocycles. The van der Waals surface area contributed by atoms with E-state index in [0.29, 0.717) is 18.4 Å². The summed E-state index contributed by atoms with van der Waals surface area (Å²) in [5, 5.41) is 2.39. The standard InChI is InChI=1S/C21H17F5N4O2/c22-12-7-27-18(28-8-12)29-16(31)9-30-10-19(3-4-19)14-5-11(1-2-13(14)17(30)32)20(23)6-15(20)21(24,25)26/h1-2,5,7-8,15H,3-4,6,9-10H2,(H,27,28,29,31)/t15-,20?/m1/s1. The van der Waals surface area contributed by atoms with Crippen molar-refractivity contribution in [2.24, 2.45) is 5.92 Å². The molecule has 2 aliphatic carbocycles. The number of anilines is 1. The van der Waals surface area contributed by atoms with Crippen LogP contribution in [0.2, 0.25) is 0 Å². The lowest BCUT2D eigenvalue weighted by atomic mass is 9.84. The summed E-state index contributed by atoms with van der Waals surface area (Å²) in [6.45, 7) is -0.103. The fraction of sp³-hybridized carbons (Fsp3) is 0.429. The van der Waals surface area contributed by atoms with Crippen LogP contribution >= 0.6 is 0 Å². The zero-order valence-corrected chi connectivity index (χ0v) is 16.5. The molecule has 1 aliphatic heterocycles. The van der Waals surface area contributed by atoms with E-state index in [9.17, 15) is 31.5 Å². The van der Waals surface area contributed by atoms with Crippen molar-refractivity contribution in [2.75, 3.05) is 18.4 Å². The molecule has 2 amide bonds. The molecule has 1 aromatic heterocycles. The average molecular weight is 452 g/mol. The van der Waals surface area contributed by atoms with Gasteiger partial charge >= 0.3 is 6.18 Å². The minimum atomic E-state index is -4.61. The number of aromatic nitrogens is 2. The predicted molar refractivity (Wildman–Crippen MR) is 101 cm³/mol. The van der Waals surface area contributed by atoms with Crippen molar-refractivity contribution in [3.8, 4) is 0 Å². The Hall–Kier alpha value is -3.11. The van der Waals surface area contributed by atoms with Gasteiger partial charge in [-0.05, 0) is 30.0 Å². The smallest absolute Gasteiger partial charge is 0.328 e. The molecule has 1 unspecified atom stereocenters. The highest BCUT2D eigenvalue weighted by Crippen LogP contribution is 2.63. The van der Waals surface area contributed by atoms with Crippen molar-refractivity contribution in [1.29, 1.82) is 0 Å².